The smallest absolute Gasteiger partial charge is 0.462 e. The summed E-state index contributed by atoms with van der Waals surface area (Å²) < 4.78 is 27.8. The zero-order valence-electron chi connectivity index (χ0n) is 19.8. The van der Waals surface area contributed by atoms with Crippen molar-refractivity contribution in [2.75, 3.05) is 0 Å². The van der Waals surface area contributed by atoms with Crippen LogP contribution in [0.4, 0.5) is 0 Å². The summed E-state index contributed by atoms with van der Waals surface area (Å²) in [5, 5.41) is 0. The molecule has 0 saturated carbocycles. The second-order valence-corrected chi connectivity index (χ2v) is 11.2. The minimum absolute atomic E-state index is 0.142. The Bertz CT molecular complexity index is 796. The van der Waals surface area contributed by atoms with E-state index in [0.717, 1.165) is 29.7 Å². The molecule has 9 heteroatoms. The third kappa shape index (κ3) is 7.94. The van der Waals surface area contributed by atoms with Crippen LogP contribution in [0.25, 0.3) is 0 Å². The van der Waals surface area contributed by atoms with Gasteiger partial charge in [-0.2, -0.15) is 0 Å². The van der Waals surface area contributed by atoms with Crippen molar-refractivity contribution in [1.82, 2.24) is 0 Å². The molecule has 0 aromatic heterocycles. The Kier molecular flexibility index (Phi) is 8.86. The molecule has 0 amide bonds. The molecule has 1 atom stereocenters. The van der Waals surface area contributed by atoms with Gasteiger partial charge in [0.15, 0.2) is 0 Å². The monoisotopic (exact) mass is 466 g/mol. The maximum Gasteiger partial charge on any atom is 0.705 e. The minimum Gasteiger partial charge on any atom is -0.462 e. The number of hydrogen-bond acceptors (Lipinski definition) is 8. The van der Waals surface area contributed by atoms with Gasteiger partial charge in [-0.3, -0.25) is 14.4 Å². The first kappa shape index (κ1) is 25.9. The van der Waals surface area contributed by atoms with E-state index >= 15 is 0 Å². The molecule has 1 aromatic rings. The summed E-state index contributed by atoms with van der Waals surface area (Å²) in [7, 11) is -3.80. The van der Waals surface area contributed by atoms with Gasteiger partial charge in [0, 0.05) is 39.7 Å². The fourth-order valence-electron chi connectivity index (χ4n) is 3.55. The first-order valence-corrected chi connectivity index (χ1v) is 12.9. The zero-order chi connectivity index (χ0) is 23.9. The number of fused-ring (bicyclic) bond motifs is 1. The number of carbonyl (C=O) groups is 3. The average Bonchev–Trinajstić information content (AvgIpc) is 2.65. The fraction of sp³-hybridized carbons (Fsp3) is 0.609. The van der Waals surface area contributed by atoms with Crippen LogP contribution in [0.1, 0.15) is 71.9 Å². The van der Waals surface area contributed by atoms with Gasteiger partial charge in [-0.05, 0) is 42.9 Å². The van der Waals surface area contributed by atoms with Crippen LogP contribution < -0.4 is 4.74 Å². The quantitative estimate of drug-likeness (QED) is 0.471. The van der Waals surface area contributed by atoms with Crippen LogP contribution in [0.5, 0.6) is 5.75 Å². The second kappa shape index (κ2) is 11.0. The van der Waals surface area contributed by atoms with Crippen LogP contribution in [0, 0.1) is 5.92 Å². The summed E-state index contributed by atoms with van der Waals surface area (Å²) in [6.07, 6.45) is 2.94. The summed E-state index contributed by atoms with van der Waals surface area (Å²) in [4.78, 5) is 34.7. The molecule has 32 heavy (non-hydrogen) atoms. The highest BCUT2D eigenvalue weighted by atomic mass is 28.4. The Morgan fingerprint density at radius 2 is 1.66 bits per heavy atom. The molecule has 0 N–H and O–H groups in total. The van der Waals surface area contributed by atoms with Crippen LogP contribution in [-0.2, 0) is 45.4 Å². The van der Waals surface area contributed by atoms with E-state index in [1.807, 2.05) is 25.1 Å². The molecule has 178 valence electrons. The molecule has 1 unspecified atom stereocenters. The van der Waals surface area contributed by atoms with Crippen LogP contribution >= 0.6 is 0 Å². The molecular weight excluding hydrogens is 432 g/mol. The minimum atomic E-state index is -3.80. The van der Waals surface area contributed by atoms with E-state index in [-0.39, 0.29) is 6.04 Å². The fourth-order valence-corrected chi connectivity index (χ4v) is 5.90. The van der Waals surface area contributed by atoms with Gasteiger partial charge >= 0.3 is 8.80 Å². The number of ether oxygens (including phenoxy) is 2. The van der Waals surface area contributed by atoms with Crippen molar-refractivity contribution in [2.45, 2.75) is 85.7 Å². The maximum atomic E-state index is 11.6. The molecule has 1 heterocycles. The summed E-state index contributed by atoms with van der Waals surface area (Å²) >= 11 is 0. The van der Waals surface area contributed by atoms with E-state index in [9.17, 15) is 14.4 Å². The van der Waals surface area contributed by atoms with E-state index in [1.165, 1.54) is 20.8 Å². The lowest BCUT2D eigenvalue weighted by molar-refractivity contribution is -0.199. The predicted octanol–water partition coefficient (Wildman–Crippen LogP) is 4.31. The average molecular weight is 467 g/mol. The highest BCUT2D eigenvalue weighted by Crippen LogP contribution is 2.35. The second-order valence-electron chi connectivity index (χ2n) is 8.72. The van der Waals surface area contributed by atoms with Gasteiger partial charge in [-0.25, -0.2) is 0 Å². The lowest BCUT2D eigenvalue weighted by Crippen LogP contribution is -2.49. The van der Waals surface area contributed by atoms with Gasteiger partial charge in [-0.15, -0.1) is 0 Å². The lowest BCUT2D eigenvalue weighted by atomic mass is 10.0. The van der Waals surface area contributed by atoms with Crippen molar-refractivity contribution in [3.05, 3.63) is 29.3 Å². The molecule has 0 saturated heterocycles. The number of hydrogen-bond donors (Lipinski definition) is 0. The molecule has 0 aliphatic carbocycles. The Labute approximate surface area is 190 Å². The Hall–Kier alpha value is -2.39. The Morgan fingerprint density at radius 3 is 2.19 bits per heavy atom. The topological polar surface area (TPSA) is 97.4 Å². The van der Waals surface area contributed by atoms with Gasteiger partial charge in [0.05, 0.1) is 12.7 Å². The lowest BCUT2D eigenvalue weighted by Gasteiger charge is -2.36. The summed E-state index contributed by atoms with van der Waals surface area (Å²) in [5.74, 6) is -1.23. The Morgan fingerprint density at radius 1 is 1.06 bits per heavy atom. The van der Waals surface area contributed by atoms with Crippen molar-refractivity contribution in [3.63, 3.8) is 0 Å². The van der Waals surface area contributed by atoms with Gasteiger partial charge in [0.25, 0.3) is 17.9 Å². The van der Waals surface area contributed by atoms with E-state index in [4.69, 9.17) is 22.8 Å². The highest BCUT2D eigenvalue weighted by molar-refractivity contribution is 6.65. The van der Waals surface area contributed by atoms with Crippen molar-refractivity contribution in [1.29, 1.82) is 0 Å². The first-order chi connectivity index (χ1) is 14.9. The van der Waals surface area contributed by atoms with Gasteiger partial charge < -0.3 is 22.8 Å². The van der Waals surface area contributed by atoms with Crippen molar-refractivity contribution in [2.24, 2.45) is 5.92 Å². The standard InChI is InChI=1S/C23H34O8Si/c1-16(2)11-12-23(6)27-15-21-14-20(9-10-22(21)28-23)8-7-13-32(29-17(3)24,30-18(4)25)31-19(5)26/h9-10,14,16H,7-8,11-13,15H2,1-6H3. The van der Waals surface area contributed by atoms with E-state index in [2.05, 4.69) is 13.8 Å². The normalized spacial score (nSPS) is 17.8. The van der Waals surface area contributed by atoms with Crippen LogP contribution in [0.3, 0.4) is 0 Å². The number of carbonyl (C=O) groups excluding carboxylic acids is 3. The first-order valence-electron chi connectivity index (χ1n) is 11.0. The SMILES string of the molecule is CC(=O)O[Si](CCCc1ccc2c(c1)COC(C)(CCC(C)C)O2)(OC(C)=O)OC(C)=O. The third-order valence-corrected chi connectivity index (χ3v) is 7.77. The summed E-state index contributed by atoms with van der Waals surface area (Å²) in [6.45, 7) is 10.3. The molecule has 0 radical (unpaired) electrons. The number of aryl methyl sites for hydroxylation is 1. The summed E-state index contributed by atoms with van der Waals surface area (Å²) in [5.41, 5.74) is 1.99. The van der Waals surface area contributed by atoms with Crippen molar-refractivity contribution < 1.29 is 37.1 Å². The molecule has 0 bridgehead atoms. The molecule has 0 fully saturated rings. The molecule has 0 spiro atoms. The molecular formula is C23H34O8Si. The largest absolute Gasteiger partial charge is 0.705 e. The molecule has 1 aliphatic heterocycles. The predicted molar refractivity (Wildman–Crippen MR) is 119 cm³/mol. The number of benzene rings is 1. The zero-order valence-corrected chi connectivity index (χ0v) is 20.8. The third-order valence-electron chi connectivity index (χ3n) is 5.01. The number of rotatable bonds is 10. The Balaban J connectivity index is 2.04. The van der Waals surface area contributed by atoms with Gasteiger partial charge in [0.1, 0.15) is 5.75 Å². The van der Waals surface area contributed by atoms with Crippen molar-refractivity contribution >= 4 is 26.7 Å². The maximum absolute atomic E-state index is 11.6. The van der Waals surface area contributed by atoms with Gasteiger partial charge in [-0.1, -0.05) is 19.9 Å². The van der Waals surface area contributed by atoms with Crippen LogP contribution in [0.2, 0.25) is 6.04 Å². The molecule has 8 nitrogen and oxygen atoms in total. The van der Waals surface area contributed by atoms with E-state index in [0.29, 0.717) is 25.4 Å². The van der Waals surface area contributed by atoms with Crippen molar-refractivity contribution in [3.8, 4) is 5.75 Å². The van der Waals surface area contributed by atoms with Gasteiger partial charge in [0.2, 0.25) is 5.79 Å². The summed E-state index contributed by atoms with van der Waals surface area (Å²) in [6, 6.07) is 6.07. The molecule has 1 aromatic carbocycles. The molecule has 2 rings (SSSR count). The van der Waals surface area contributed by atoms with E-state index < -0.39 is 32.5 Å². The molecule has 1 aliphatic rings. The highest BCUT2D eigenvalue weighted by Gasteiger charge is 2.51. The van der Waals surface area contributed by atoms with Crippen LogP contribution in [-0.4, -0.2) is 32.5 Å². The van der Waals surface area contributed by atoms with E-state index in [1.54, 1.807) is 0 Å². The van der Waals surface area contributed by atoms with Crippen LogP contribution in [0.15, 0.2) is 18.2 Å².